The van der Waals surface area contributed by atoms with Crippen LogP contribution < -0.4 is 10.2 Å². The zero-order valence-electron chi connectivity index (χ0n) is 18.0. The summed E-state index contributed by atoms with van der Waals surface area (Å²) in [6.07, 6.45) is 0. The highest BCUT2D eigenvalue weighted by molar-refractivity contribution is 14.0. The molecule has 2 aromatic carbocycles. The number of benzene rings is 2. The molecular weight excluding hydrogens is 532 g/mol. The van der Waals surface area contributed by atoms with Crippen LogP contribution in [0, 0.1) is 5.82 Å². The number of guanidine groups is 1. The van der Waals surface area contributed by atoms with E-state index in [1.165, 1.54) is 24.5 Å². The zero-order valence-corrected chi connectivity index (χ0v) is 21.1. The predicted molar refractivity (Wildman–Crippen MR) is 133 cm³/mol. The molecular formula is C21H29FIN5O2S. The number of aliphatic imine (C=N–C) groups is 1. The topological polar surface area (TPSA) is 68.2 Å². The SMILES string of the molecule is CN=C(NCc1ccc(S(=O)(=O)N(C)C)cc1)N1CCN(c2ccccc2F)CC1.I. The molecule has 1 aliphatic rings. The van der Waals surface area contributed by atoms with E-state index >= 15 is 0 Å². The Morgan fingerprint density at radius 2 is 1.68 bits per heavy atom. The number of anilines is 1. The Kier molecular flexibility index (Phi) is 9.07. The van der Waals surface area contributed by atoms with E-state index in [4.69, 9.17) is 0 Å². The first-order valence-electron chi connectivity index (χ1n) is 9.79. The lowest BCUT2D eigenvalue weighted by atomic mass is 10.2. The quantitative estimate of drug-likeness (QED) is 0.346. The smallest absolute Gasteiger partial charge is 0.242 e. The van der Waals surface area contributed by atoms with Gasteiger partial charge in [-0.3, -0.25) is 4.99 Å². The average Bonchev–Trinajstić information content (AvgIpc) is 2.75. The molecule has 1 N–H and O–H groups in total. The summed E-state index contributed by atoms with van der Waals surface area (Å²) in [6.45, 7) is 3.40. The third kappa shape index (κ3) is 6.07. The maximum Gasteiger partial charge on any atom is 0.242 e. The van der Waals surface area contributed by atoms with Gasteiger partial charge in [0.05, 0.1) is 10.6 Å². The minimum absolute atomic E-state index is 0. The minimum atomic E-state index is -3.43. The highest BCUT2D eigenvalue weighted by Crippen LogP contribution is 2.20. The molecule has 10 heteroatoms. The number of halogens is 2. The van der Waals surface area contributed by atoms with Gasteiger partial charge in [0.25, 0.3) is 0 Å². The van der Waals surface area contributed by atoms with Gasteiger partial charge in [0.15, 0.2) is 5.96 Å². The molecule has 0 amide bonds. The summed E-state index contributed by atoms with van der Waals surface area (Å²) in [6, 6.07) is 13.7. The second kappa shape index (κ2) is 11.1. The lowest BCUT2D eigenvalue weighted by Crippen LogP contribution is -2.52. The molecule has 0 aliphatic carbocycles. The van der Waals surface area contributed by atoms with Gasteiger partial charge in [0.2, 0.25) is 10.0 Å². The molecule has 1 fully saturated rings. The van der Waals surface area contributed by atoms with Crippen LogP contribution in [0.15, 0.2) is 58.4 Å². The fourth-order valence-electron chi connectivity index (χ4n) is 3.37. The first-order valence-corrected chi connectivity index (χ1v) is 11.2. The number of nitrogens with one attached hydrogen (secondary N) is 1. The molecule has 1 aliphatic heterocycles. The van der Waals surface area contributed by atoms with Crippen molar-refractivity contribution < 1.29 is 12.8 Å². The lowest BCUT2D eigenvalue weighted by Gasteiger charge is -2.37. The number of piperazine rings is 1. The third-order valence-corrected chi connectivity index (χ3v) is 6.97. The van der Waals surface area contributed by atoms with Crippen LogP contribution >= 0.6 is 24.0 Å². The summed E-state index contributed by atoms with van der Waals surface area (Å²) in [5, 5.41) is 3.33. The van der Waals surface area contributed by atoms with Crippen LogP contribution in [-0.2, 0) is 16.6 Å². The van der Waals surface area contributed by atoms with Gasteiger partial charge in [-0.1, -0.05) is 24.3 Å². The maximum absolute atomic E-state index is 14.0. The Labute approximate surface area is 201 Å². The predicted octanol–water partition coefficient (Wildman–Crippen LogP) is 2.59. The Morgan fingerprint density at radius 1 is 1.06 bits per heavy atom. The highest BCUT2D eigenvalue weighted by Gasteiger charge is 2.21. The summed E-state index contributed by atoms with van der Waals surface area (Å²) in [5.74, 6) is 0.571. The van der Waals surface area contributed by atoms with Gasteiger partial charge >= 0.3 is 0 Å². The summed E-state index contributed by atoms with van der Waals surface area (Å²) in [7, 11) is 1.34. The Morgan fingerprint density at radius 3 is 2.23 bits per heavy atom. The van der Waals surface area contributed by atoms with Crippen LogP contribution in [0.4, 0.5) is 10.1 Å². The number of nitrogens with zero attached hydrogens (tertiary/aromatic N) is 4. The Hall–Kier alpha value is -1.92. The third-order valence-electron chi connectivity index (χ3n) is 5.14. The van der Waals surface area contributed by atoms with E-state index in [2.05, 4.69) is 15.2 Å². The van der Waals surface area contributed by atoms with Gasteiger partial charge < -0.3 is 15.1 Å². The van der Waals surface area contributed by atoms with Crippen LogP contribution in [0.1, 0.15) is 5.56 Å². The van der Waals surface area contributed by atoms with Crippen LogP contribution in [0.25, 0.3) is 0 Å². The van der Waals surface area contributed by atoms with Crippen molar-refractivity contribution in [1.29, 1.82) is 0 Å². The van der Waals surface area contributed by atoms with Crippen molar-refractivity contribution in [3.05, 3.63) is 59.9 Å². The molecule has 1 heterocycles. The summed E-state index contributed by atoms with van der Waals surface area (Å²) >= 11 is 0. The van der Waals surface area contributed by atoms with Crippen molar-refractivity contribution in [2.75, 3.05) is 52.2 Å². The van der Waals surface area contributed by atoms with Crippen molar-refractivity contribution in [1.82, 2.24) is 14.5 Å². The van der Waals surface area contributed by atoms with Crippen molar-refractivity contribution in [2.45, 2.75) is 11.4 Å². The number of hydrogen-bond acceptors (Lipinski definition) is 4. The highest BCUT2D eigenvalue weighted by atomic mass is 127. The average molecular weight is 561 g/mol. The lowest BCUT2D eigenvalue weighted by molar-refractivity contribution is 0.370. The number of hydrogen-bond donors (Lipinski definition) is 1. The summed E-state index contributed by atoms with van der Waals surface area (Å²) < 4.78 is 39.6. The van der Waals surface area contributed by atoms with Crippen molar-refractivity contribution in [3.63, 3.8) is 0 Å². The molecule has 1 saturated heterocycles. The molecule has 0 aromatic heterocycles. The molecule has 0 bridgehead atoms. The molecule has 0 saturated carbocycles. The molecule has 0 spiro atoms. The zero-order chi connectivity index (χ0) is 21.7. The minimum Gasteiger partial charge on any atom is -0.366 e. The molecule has 31 heavy (non-hydrogen) atoms. The number of rotatable bonds is 5. The summed E-state index contributed by atoms with van der Waals surface area (Å²) in [4.78, 5) is 8.81. The first kappa shape index (κ1) is 25.3. The van der Waals surface area contributed by atoms with Gasteiger partial charge in [-0.15, -0.1) is 24.0 Å². The van der Waals surface area contributed by atoms with Gasteiger partial charge in [0.1, 0.15) is 5.82 Å². The van der Waals surface area contributed by atoms with E-state index in [9.17, 15) is 12.8 Å². The number of para-hydroxylation sites is 1. The molecule has 3 rings (SSSR count). The maximum atomic E-state index is 14.0. The fourth-order valence-corrected chi connectivity index (χ4v) is 4.27. The standard InChI is InChI=1S/C21H28FN5O2S.HI/c1-23-21(24-16-17-8-10-18(11-9-17)30(28,29)25(2)3)27-14-12-26(13-15-27)20-7-5-4-6-19(20)22;/h4-11H,12-16H2,1-3H3,(H,23,24);1H. The van der Waals surface area contributed by atoms with E-state index < -0.39 is 10.0 Å². The molecule has 0 unspecified atom stereocenters. The van der Waals surface area contributed by atoms with Crippen molar-refractivity contribution in [2.24, 2.45) is 4.99 Å². The molecule has 2 aromatic rings. The van der Waals surface area contributed by atoms with Crippen LogP contribution in [0.2, 0.25) is 0 Å². The van der Waals surface area contributed by atoms with Crippen LogP contribution in [0.5, 0.6) is 0 Å². The second-order valence-electron chi connectivity index (χ2n) is 7.26. The Bertz CT molecular complexity index is 991. The molecule has 170 valence electrons. The van der Waals surface area contributed by atoms with E-state index in [1.54, 1.807) is 43.4 Å². The number of sulfonamides is 1. The van der Waals surface area contributed by atoms with E-state index in [1.807, 2.05) is 11.0 Å². The first-order chi connectivity index (χ1) is 14.3. The van der Waals surface area contributed by atoms with Gasteiger partial charge in [-0.2, -0.15) is 0 Å². The van der Waals surface area contributed by atoms with Gasteiger partial charge in [-0.05, 0) is 29.8 Å². The van der Waals surface area contributed by atoms with Crippen LogP contribution in [0.3, 0.4) is 0 Å². The molecule has 0 radical (unpaired) electrons. The summed E-state index contributed by atoms with van der Waals surface area (Å²) in [5.41, 5.74) is 1.59. The van der Waals surface area contributed by atoms with Crippen LogP contribution in [-0.4, -0.2) is 70.9 Å². The largest absolute Gasteiger partial charge is 0.366 e. The fraction of sp³-hybridized carbons (Fsp3) is 0.381. The second-order valence-corrected chi connectivity index (χ2v) is 9.41. The van der Waals surface area contributed by atoms with E-state index in [0.29, 0.717) is 25.3 Å². The normalized spacial score (nSPS) is 15.1. The monoisotopic (exact) mass is 561 g/mol. The molecule has 0 atom stereocenters. The van der Waals surface area contributed by atoms with E-state index in [-0.39, 0.29) is 34.7 Å². The van der Waals surface area contributed by atoms with Crippen molar-refractivity contribution in [3.8, 4) is 0 Å². The van der Waals surface area contributed by atoms with Gasteiger partial charge in [-0.25, -0.2) is 17.1 Å². The van der Waals surface area contributed by atoms with Crippen molar-refractivity contribution >= 4 is 45.6 Å². The Balaban J connectivity index is 0.00000341. The van der Waals surface area contributed by atoms with Gasteiger partial charge in [0, 0.05) is 53.9 Å². The van der Waals surface area contributed by atoms with E-state index in [0.717, 1.165) is 24.6 Å². The molecule has 7 nitrogen and oxygen atoms in total.